The summed E-state index contributed by atoms with van der Waals surface area (Å²) in [7, 11) is 1.65. The van der Waals surface area contributed by atoms with E-state index in [2.05, 4.69) is 48.5 Å². The van der Waals surface area contributed by atoms with Crippen LogP contribution in [0.1, 0.15) is 38.3 Å². The highest BCUT2D eigenvalue weighted by molar-refractivity contribution is 7.13. The summed E-state index contributed by atoms with van der Waals surface area (Å²) in [6.07, 6.45) is 13.0. The van der Waals surface area contributed by atoms with Gasteiger partial charge < -0.3 is 20.1 Å². The van der Waals surface area contributed by atoms with Gasteiger partial charge in [-0.3, -0.25) is 4.79 Å². The Morgan fingerprint density at radius 3 is 2.84 bits per heavy atom. The number of benzene rings is 1. The minimum absolute atomic E-state index is 0.0329. The van der Waals surface area contributed by atoms with Crippen LogP contribution in [0.4, 0.5) is 5.13 Å². The lowest BCUT2D eigenvalue weighted by Gasteiger charge is -2.37. The lowest BCUT2D eigenvalue weighted by Crippen LogP contribution is -2.47. The van der Waals surface area contributed by atoms with Crippen LogP contribution in [0.2, 0.25) is 0 Å². The largest absolute Gasteiger partial charge is 0.493 e. The van der Waals surface area contributed by atoms with Crippen molar-refractivity contribution in [2.75, 3.05) is 19.0 Å². The second kappa shape index (κ2) is 8.92. The highest BCUT2D eigenvalue weighted by Crippen LogP contribution is 2.40. The molecule has 1 amide bonds. The maximum Gasteiger partial charge on any atom is 0.228 e. The normalized spacial score (nSPS) is 21.3. The monoisotopic (exact) mass is 451 g/mol. The summed E-state index contributed by atoms with van der Waals surface area (Å²) in [6.45, 7) is 7.12. The fourth-order valence-electron chi connectivity index (χ4n) is 4.05. The van der Waals surface area contributed by atoms with Gasteiger partial charge in [0.05, 0.1) is 7.11 Å². The molecule has 2 N–H and O–H groups in total. The molecule has 2 heterocycles. The minimum Gasteiger partial charge on any atom is -0.493 e. The maximum absolute atomic E-state index is 12.8. The molecule has 0 spiro atoms. The average molecular weight is 452 g/mol. The predicted molar refractivity (Wildman–Crippen MR) is 128 cm³/mol. The number of anilines is 1. The minimum atomic E-state index is -0.533. The molecule has 1 unspecified atom stereocenters. The average Bonchev–Trinajstić information content (AvgIpc) is 3.18. The molecule has 1 aliphatic carbocycles. The van der Waals surface area contributed by atoms with Crippen molar-refractivity contribution in [2.45, 2.75) is 39.2 Å². The van der Waals surface area contributed by atoms with Gasteiger partial charge in [0, 0.05) is 35.5 Å². The molecule has 2 aliphatic rings. The molecular formula is C25H29N3O3S. The van der Waals surface area contributed by atoms with E-state index in [9.17, 15) is 4.79 Å². The van der Waals surface area contributed by atoms with E-state index in [1.807, 2.05) is 35.7 Å². The van der Waals surface area contributed by atoms with Crippen molar-refractivity contribution in [3.63, 3.8) is 0 Å². The standard InChI is InChI=1S/C25H29N3O3S/c1-24(2)9-5-6-18(7-10-24)31-21-15-19-17(14-20(21)30-4)8-11-27-25(19,3)16-22(29)28-23-26-12-13-32-23/h5-7,9-10,12-15,27H,8,11,16H2,1-4H3,(H,26,28,29). The molecule has 0 radical (unpaired) electrons. The van der Waals surface area contributed by atoms with Crippen LogP contribution >= 0.6 is 11.3 Å². The van der Waals surface area contributed by atoms with Crippen LogP contribution in [0.25, 0.3) is 0 Å². The molecule has 6 nitrogen and oxygen atoms in total. The molecule has 1 aromatic carbocycles. The molecule has 0 bridgehead atoms. The Kier molecular flexibility index (Phi) is 6.22. The zero-order chi connectivity index (χ0) is 22.8. The lowest BCUT2D eigenvalue weighted by molar-refractivity contribution is -0.117. The Morgan fingerprint density at radius 1 is 1.25 bits per heavy atom. The first-order valence-electron chi connectivity index (χ1n) is 10.7. The molecule has 0 saturated carbocycles. The van der Waals surface area contributed by atoms with Crippen LogP contribution in [-0.2, 0) is 16.8 Å². The molecule has 7 heteroatoms. The number of nitrogens with zero attached hydrogens (tertiary/aromatic N) is 1. The lowest BCUT2D eigenvalue weighted by atomic mass is 9.81. The molecule has 1 aromatic heterocycles. The molecule has 0 fully saturated rings. The van der Waals surface area contributed by atoms with Gasteiger partial charge in [-0.25, -0.2) is 4.98 Å². The van der Waals surface area contributed by atoms with Crippen LogP contribution in [0.3, 0.4) is 0 Å². The van der Waals surface area contributed by atoms with E-state index in [0.29, 0.717) is 16.6 Å². The van der Waals surface area contributed by atoms with Gasteiger partial charge >= 0.3 is 0 Å². The number of amides is 1. The number of methoxy groups -OCH3 is 1. The second-order valence-electron chi connectivity index (χ2n) is 8.92. The molecule has 0 saturated heterocycles. The van der Waals surface area contributed by atoms with Gasteiger partial charge in [-0.15, -0.1) is 11.3 Å². The number of ether oxygens (including phenoxy) is 2. The Bertz CT molecular complexity index is 1090. The number of carbonyl (C=O) groups excluding carboxylic acids is 1. The van der Waals surface area contributed by atoms with Crippen molar-refractivity contribution in [3.8, 4) is 11.5 Å². The highest BCUT2D eigenvalue weighted by atomic mass is 32.1. The first kappa shape index (κ1) is 22.3. The van der Waals surface area contributed by atoms with Crippen LogP contribution in [0.15, 0.2) is 59.8 Å². The topological polar surface area (TPSA) is 72.5 Å². The van der Waals surface area contributed by atoms with E-state index in [-0.39, 0.29) is 17.7 Å². The van der Waals surface area contributed by atoms with E-state index < -0.39 is 5.54 Å². The fourth-order valence-corrected chi connectivity index (χ4v) is 4.60. The maximum atomic E-state index is 12.8. The third kappa shape index (κ3) is 4.95. The number of aromatic nitrogens is 1. The number of hydrogen-bond acceptors (Lipinski definition) is 6. The van der Waals surface area contributed by atoms with Crippen LogP contribution in [-0.4, -0.2) is 24.5 Å². The Balaban J connectivity index is 1.62. The molecule has 1 aliphatic heterocycles. The third-order valence-corrected chi connectivity index (χ3v) is 6.47. The van der Waals surface area contributed by atoms with Gasteiger partial charge in [-0.1, -0.05) is 32.1 Å². The third-order valence-electron chi connectivity index (χ3n) is 5.78. The van der Waals surface area contributed by atoms with E-state index in [4.69, 9.17) is 9.47 Å². The molecule has 1 atom stereocenters. The fraction of sp³-hybridized carbons (Fsp3) is 0.360. The first-order valence-corrected chi connectivity index (χ1v) is 11.6. The number of fused-ring (bicyclic) bond motifs is 1. The SMILES string of the molecule is COc1cc2c(cc1OC1=CC=CC(C)(C)C=C1)C(C)(CC(=O)Nc1nccs1)NCC2. The van der Waals surface area contributed by atoms with Crippen molar-refractivity contribution in [1.29, 1.82) is 0 Å². The van der Waals surface area contributed by atoms with Gasteiger partial charge in [-0.05, 0) is 48.8 Å². The summed E-state index contributed by atoms with van der Waals surface area (Å²) in [5, 5.41) is 8.88. The van der Waals surface area contributed by atoms with Gasteiger partial charge in [0.15, 0.2) is 16.6 Å². The summed E-state index contributed by atoms with van der Waals surface area (Å²) < 4.78 is 11.9. The summed E-state index contributed by atoms with van der Waals surface area (Å²) in [5.41, 5.74) is 1.63. The number of rotatable bonds is 6. The van der Waals surface area contributed by atoms with E-state index >= 15 is 0 Å². The van der Waals surface area contributed by atoms with Gasteiger partial charge in [0.1, 0.15) is 5.76 Å². The summed E-state index contributed by atoms with van der Waals surface area (Å²) in [5.74, 6) is 1.97. The van der Waals surface area contributed by atoms with Crippen LogP contribution in [0, 0.1) is 5.41 Å². The van der Waals surface area contributed by atoms with Crippen molar-refractivity contribution in [1.82, 2.24) is 10.3 Å². The molecule has 32 heavy (non-hydrogen) atoms. The number of carbonyl (C=O) groups is 1. The Hall–Kier alpha value is -2.90. The van der Waals surface area contributed by atoms with Crippen LogP contribution in [0.5, 0.6) is 11.5 Å². The highest BCUT2D eigenvalue weighted by Gasteiger charge is 2.35. The van der Waals surface area contributed by atoms with E-state index in [0.717, 1.165) is 29.9 Å². The van der Waals surface area contributed by atoms with Crippen molar-refractivity contribution in [3.05, 3.63) is 71.0 Å². The zero-order valence-corrected chi connectivity index (χ0v) is 19.7. The molecule has 168 valence electrons. The number of thiazole rings is 1. The van der Waals surface area contributed by atoms with Crippen molar-refractivity contribution >= 4 is 22.4 Å². The van der Waals surface area contributed by atoms with Crippen LogP contribution < -0.4 is 20.1 Å². The van der Waals surface area contributed by atoms with E-state index in [1.165, 1.54) is 11.3 Å². The first-order chi connectivity index (χ1) is 15.3. The van der Waals surface area contributed by atoms with Gasteiger partial charge in [0.2, 0.25) is 5.91 Å². The summed E-state index contributed by atoms with van der Waals surface area (Å²) in [6, 6.07) is 4.04. The Labute approximate surface area is 193 Å². The molecule has 2 aromatic rings. The predicted octanol–water partition coefficient (Wildman–Crippen LogP) is 4.96. The smallest absolute Gasteiger partial charge is 0.228 e. The molecular weight excluding hydrogens is 422 g/mol. The number of allylic oxidation sites excluding steroid dienone is 5. The summed E-state index contributed by atoms with van der Waals surface area (Å²) >= 11 is 1.41. The zero-order valence-electron chi connectivity index (χ0n) is 18.9. The number of hydrogen-bond donors (Lipinski definition) is 2. The van der Waals surface area contributed by atoms with Crippen molar-refractivity contribution in [2.24, 2.45) is 5.41 Å². The van der Waals surface area contributed by atoms with E-state index in [1.54, 1.807) is 13.3 Å². The van der Waals surface area contributed by atoms with Crippen molar-refractivity contribution < 1.29 is 14.3 Å². The quantitative estimate of drug-likeness (QED) is 0.650. The second-order valence-corrected chi connectivity index (χ2v) is 9.81. The Morgan fingerprint density at radius 2 is 2.09 bits per heavy atom. The van der Waals surface area contributed by atoms with Gasteiger partial charge in [0.25, 0.3) is 0 Å². The van der Waals surface area contributed by atoms with Gasteiger partial charge in [-0.2, -0.15) is 0 Å². The summed E-state index contributed by atoms with van der Waals surface area (Å²) in [4.78, 5) is 16.9. The molecule has 4 rings (SSSR count). The number of nitrogens with one attached hydrogen (secondary N) is 2.